The first-order valence-corrected chi connectivity index (χ1v) is 6.50. The van der Waals surface area contributed by atoms with Crippen LogP contribution in [0.2, 0.25) is 0 Å². The molecule has 1 saturated heterocycles. The van der Waals surface area contributed by atoms with Gasteiger partial charge in [0.15, 0.2) is 11.5 Å². The number of halogens is 1. The van der Waals surface area contributed by atoms with E-state index in [0.29, 0.717) is 36.9 Å². The Labute approximate surface area is 115 Å². The van der Waals surface area contributed by atoms with Gasteiger partial charge < -0.3 is 14.8 Å². The van der Waals surface area contributed by atoms with Crippen molar-refractivity contribution in [3.8, 4) is 11.5 Å². The first-order valence-electron chi connectivity index (χ1n) is 6.07. The van der Waals surface area contributed by atoms with Crippen LogP contribution in [0.1, 0.15) is 0 Å². The van der Waals surface area contributed by atoms with Crippen LogP contribution >= 0.6 is 11.6 Å². The number of hydrogen-bond acceptors (Lipinski definition) is 5. The molecule has 3 N–H and O–H groups in total. The first kappa shape index (κ1) is 12.5. The van der Waals surface area contributed by atoms with E-state index in [0.717, 1.165) is 0 Å². The Hall–Kier alpha value is -1.50. The number of nitrogens with one attached hydrogen (secondary N) is 3. The molecule has 3 rings (SSSR count). The minimum absolute atomic E-state index is 0.179. The number of amides is 1. The number of hydrogen-bond donors (Lipinski definition) is 3. The lowest BCUT2D eigenvalue weighted by Gasteiger charge is -2.19. The molecule has 19 heavy (non-hydrogen) atoms. The molecule has 2 aliphatic rings. The monoisotopic (exact) mass is 283 g/mol. The zero-order chi connectivity index (χ0) is 13.2. The third kappa shape index (κ3) is 2.60. The van der Waals surface area contributed by atoms with E-state index < -0.39 is 6.04 Å². The van der Waals surface area contributed by atoms with Crippen LogP contribution in [0.15, 0.2) is 18.2 Å². The molecule has 2 unspecified atom stereocenters. The predicted molar refractivity (Wildman–Crippen MR) is 70.6 cm³/mol. The van der Waals surface area contributed by atoms with Crippen molar-refractivity contribution in [2.45, 2.75) is 11.4 Å². The molecule has 7 heteroatoms. The Morgan fingerprint density at radius 1 is 1.32 bits per heavy atom. The van der Waals surface area contributed by atoms with Crippen LogP contribution < -0.4 is 25.6 Å². The van der Waals surface area contributed by atoms with E-state index >= 15 is 0 Å². The van der Waals surface area contributed by atoms with Crippen molar-refractivity contribution >= 4 is 23.2 Å². The topological polar surface area (TPSA) is 71.6 Å². The Morgan fingerprint density at radius 2 is 2.11 bits per heavy atom. The molecule has 0 saturated carbocycles. The van der Waals surface area contributed by atoms with Crippen LogP contribution in [-0.2, 0) is 4.79 Å². The van der Waals surface area contributed by atoms with Crippen LogP contribution in [0.4, 0.5) is 5.69 Å². The standard InChI is InChI=1S/C12H14ClN3O3/c13-8-6-14-16-11(8)12(17)15-7-1-2-9-10(5-7)19-4-3-18-9/h1-2,5,8,11,14,16H,3-4,6H2,(H,15,17). The minimum atomic E-state index is -0.449. The quantitative estimate of drug-likeness (QED) is 0.689. The van der Waals surface area contributed by atoms with E-state index in [9.17, 15) is 4.79 Å². The van der Waals surface area contributed by atoms with Crippen molar-refractivity contribution in [3.05, 3.63) is 18.2 Å². The molecule has 1 amide bonds. The van der Waals surface area contributed by atoms with Gasteiger partial charge in [-0.05, 0) is 12.1 Å². The van der Waals surface area contributed by atoms with E-state index in [1.807, 2.05) is 0 Å². The van der Waals surface area contributed by atoms with Crippen molar-refractivity contribution in [2.75, 3.05) is 25.1 Å². The fourth-order valence-corrected chi connectivity index (χ4v) is 2.30. The average Bonchev–Trinajstić information content (AvgIpc) is 2.85. The van der Waals surface area contributed by atoms with Gasteiger partial charge in [0.1, 0.15) is 19.3 Å². The van der Waals surface area contributed by atoms with Gasteiger partial charge in [-0.25, -0.2) is 5.43 Å². The highest BCUT2D eigenvalue weighted by molar-refractivity contribution is 6.23. The zero-order valence-electron chi connectivity index (χ0n) is 10.1. The molecular weight excluding hydrogens is 270 g/mol. The second-order valence-corrected chi connectivity index (χ2v) is 4.93. The van der Waals surface area contributed by atoms with E-state index in [2.05, 4.69) is 16.2 Å². The molecule has 0 bridgehead atoms. The largest absolute Gasteiger partial charge is 0.486 e. The summed E-state index contributed by atoms with van der Waals surface area (Å²) < 4.78 is 10.9. The van der Waals surface area contributed by atoms with Gasteiger partial charge in [-0.2, -0.15) is 0 Å². The number of rotatable bonds is 2. The Morgan fingerprint density at radius 3 is 2.84 bits per heavy atom. The summed E-state index contributed by atoms with van der Waals surface area (Å²) in [4.78, 5) is 12.0. The van der Waals surface area contributed by atoms with Crippen LogP contribution in [0, 0.1) is 0 Å². The highest BCUT2D eigenvalue weighted by Crippen LogP contribution is 2.32. The Balaban J connectivity index is 1.71. The second-order valence-electron chi connectivity index (χ2n) is 4.37. The van der Waals surface area contributed by atoms with Gasteiger partial charge in [-0.1, -0.05) is 0 Å². The molecule has 0 radical (unpaired) electrons. The molecule has 6 nitrogen and oxygen atoms in total. The number of carbonyl (C=O) groups excluding carboxylic acids is 1. The van der Waals surface area contributed by atoms with Gasteiger partial charge in [-0.15, -0.1) is 11.6 Å². The van der Waals surface area contributed by atoms with Crippen LogP contribution in [-0.4, -0.2) is 37.1 Å². The van der Waals surface area contributed by atoms with E-state index in [-0.39, 0.29) is 11.3 Å². The molecular formula is C12H14ClN3O3. The molecule has 1 aromatic carbocycles. The van der Waals surface area contributed by atoms with Crippen LogP contribution in [0.25, 0.3) is 0 Å². The van der Waals surface area contributed by atoms with Gasteiger partial charge in [0.25, 0.3) is 0 Å². The maximum absolute atomic E-state index is 12.0. The maximum atomic E-state index is 12.0. The summed E-state index contributed by atoms with van der Waals surface area (Å²) in [6.45, 7) is 1.62. The lowest BCUT2D eigenvalue weighted by atomic mass is 10.2. The molecule has 2 aliphatic heterocycles. The summed E-state index contributed by atoms with van der Waals surface area (Å²) in [5.41, 5.74) is 6.35. The second kappa shape index (κ2) is 5.24. The normalized spacial score (nSPS) is 25.1. The summed E-state index contributed by atoms with van der Waals surface area (Å²) in [6, 6.07) is 4.85. The van der Waals surface area contributed by atoms with Gasteiger partial charge in [0.05, 0.1) is 5.38 Å². The molecule has 2 heterocycles. The number of alkyl halides is 1. The van der Waals surface area contributed by atoms with E-state index in [1.165, 1.54) is 0 Å². The SMILES string of the molecule is O=C(Nc1ccc2c(c1)OCCO2)C1NNCC1Cl. The third-order valence-electron chi connectivity index (χ3n) is 3.01. The van der Waals surface area contributed by atoms with Gasteiger partial charge >= 0.3 is 0 Å². The maximum Gasteiger partial charge on any atom is 0.244 e. The number of hydrazine groups is 1. The molecule has 1 fully saturated rings. The van der Waals surface area contributed by atoms with Crippen molar-refractivity contribution in [2.24, 2.45) is 0 Å². The molecule has 102 valence electrons. The van der Waals surface area contributed by atoms with Crippen molar-refractivity contribution in [1.82, 2.24) is 10.9 Å². The molecule has 0 spiro atoms. The zero-order valence-corrected chi connectivity index (χ0v) is 10.9. The molecule has 0 aromatic heterocycles. The third-order valence-corrected chi connectivity index (χ3v) is 3.41. The van der Waals surface area contributed by atoms with Gasteiger partial charge in [0.2, 0.25) is 5.91 Å². The molecule has 0 aliphatic carbocycles. The summed E-state index contributed by atoms with van der Waals surface area (Å²) in [5.74, 6) is 1.16. The summed E-state index contributed by atoms with van der Waals surface area (Å²) in [5, 5.41) is 2.54. The number of anilines is 1. The summed E-state index contributed by atoms with van der Waals surface area (Å²) >= 11 is 6.02. The van der Waals surface area contributed by atoms with Crippen molar-refractivity contribution in [3.63, 3.8) is 0 Å². The fourth-order valence-electron chi connectivity index (χ4n) is 2.05. The fraction of sp³-hybridized carbons (Fsp3) is 0.417. The highest BCUT2D eigenvalue weighted by Gasteiger charge is 2.31. The predicted octanol–water partition coefficient (Wildman–Crippen LogP) is 0.480. The number of carbonyl (C=O) groups is 1. The van der Waals surface area contributed by atoms with Gasteiger partial charge in [0, 0.05) is 18.3 Å². The Kier molecular flexibility index (Phi) is 3.46. The van der Waals surface area contributed by atoms with E-state index in [4.69, 9.17) is 21.1 Å². The van der Waals surface area contributed by atoms with Gasteiger partial charge in [-0.3, -0.25) is 10.2 Å². The average molecular weight is 284 g/mol. The lowest BCUT2D eigenvalue weighted by molar-refractivity contribution is -0.117. The number of fused-ring (bicyclic) bond motifs is 1. The first-order chi connectivity index (χ1) is 9.24. The molecule has 2 atom stereocenters. The molecule has 1 aromatic rings. The van der Waals surface area contributed by atoms with Crippen LogP contribution in [0.3, 0.4) is 0 Å². The number of ether oxygens (including phenoxy) is 2. The summed E-state index contributed by atoms with van der Waals surface area (Å²) in [6.07, 6.45) is 0. The minimum Gasteiger partial charge on any atom is -0.486 e. The summed E-state index contributed by atoms with van der Waals surface area (Å²) in [7, 11) is 0. The van der Waals surface area contributed by atoms with Crippen molar-refractivity contribution in [1.29, 1.82) is 0 Å². The van der Waals surface area contributed by atoms with Crippen molar-refractivity contribution < 1.29 is 14.3 Å². The number of benzene rings is 1. The smallest absolute Gasteiger partial charge is 0.244 e. The highest BCUT2D eigenvalue weighted by atomic mass is 35.5. The Bertz CT molecular complexity index is 497. The van der Waals surface area contributed by atoms with Crippen LogP contribution in [0.5, 0.6) is 11.5 Å². The van der Waals surface area contributed by atoms with E-state index in [1.54, 1.807) is 18.2 Å². The lowest BCUT2D eigenvalue weighted by Crippen LogP contribution is -2.42.